The Morgan fingerprint density at radius 3 is 3.00 bits per heavy atom. The molecule has 1 amide bonds. The van der Waals surface area contributed by atoms with Crippen molar-refractivity contribution in [1.29, 1.82) is 0 Å². The van der Waals surface area contributed by atoms with Crippen molar-refractivity contribution in [3.05, 3.63) is 29.6 Å². The van der Waals surface area contributed by atoms with Gasteiger partial charge in [-0.05, 0) is 24.6 Å². The number of anilines is 1. The van der Waals surface area contributed by atoms with Crippen LogP contribution in [0.3, 0.4) is 0 Å². The lowest BCUT2D eigenvalue weighted by molar-refractivity contribution is 0.0742. The summed E-state index contributed by atoms with van der Waals surface area (Å²) in [6.45, 7) is 2.31. The Bertz CT molecular complexity index is 415. The molecule has 2 rings (SSSR count). The van der Waals surface area contributed by atoms with Crippen LogP contribution >= 0.6 is 0 Å². The van der Waals surface area contributed by atoms with Gasteiger partial charge >= 0.3 is 0 Å². The quantitative estimate of drug-likeness (QED) is 0.750. The molecule has 0 unspecified atom stereocenters. The van der Waals surface area contributed by atoms with Crippen molar-refractivity contribution in [3.8, 4) is 0 Å². The van der Waals surface area contributed by atoms with Gasteiger partial charge in [-0.1, -0.05) is 0 Å². The second-order valence-electron chi connectivity index (χ2n) is 3.99. The highest BCUT2D eigenvalue weighted by Gasteiger charge is 2.19. The summed E-state index contributed by atoms with van der Waals surface area (Å²) < 4.78 is 18.4. The molecule has 0 saturated carbocycles. The number of carbonyl (C=O) groups is 1. The van der Waals surface area contributed by atoms with Gasteiger partial charge in [0, 0.05) is 25.4 Å². The first kappa shape index (κ1) is 11.9. The van der Waals surface area contributed by atoms with Crippen LogP contribution in [0.15, 0.2) is 18.2 Å². The van der Waals surface area contributed by atoms with Gasteiger partial charge in [0.05, 0.1) is 12.2 Å². The van der Waals surface area contributed by atoms with Crippen LogP contribution in [0.5, 0.6) is 0 Å². The second-order valence-corrected chi connectivity index (χ2v) is 3.99. The first-order valence-electron chi connectivity index (χ1n) is 5.60. The SMILES string of the molecule is Nc1ccc(F)cc1C(=O)N1CCCOCC1. The van der Waals surface area contributed by atoms with Gasteiger partial charge in [0.2, 0.25) is 0 Å². The molecule has 1 heterocycles. The molecule has 0 aromatic heterocycles. The smallest absolute Gasteiger partial charge is 0.256 e. The Balaban J connectivity index is 2.20. The standard InChI is InChI=1S/C12H15FN2O2/c13-9-2-3-11(14)10(8-9)12(16)15-4-1-6-17-7-5-15/h2-3,8H,1,4-7,14H2. The third kappa shape index (κ3) is 2.74. The number of benzene rings is 1. The van der Waals surface area contributed by atoms with Crippen molar-refractivity contribution < 1.29 is 13.9 Å². The highest BCUT2D eigenvalue weighted by Crippen LogP contribution is 2.16. The number of hydrogen-bond donors (Lipinski definition) is 1. The maximum Gasteiger partial charge on any atom is 0.256 e. The number of ether oxygens (including phenoxy) is 1. The fourth-order valence-electron chi connectivity index (χ4n) is 1.83. The molecule has 0 aliphatic carbocycles. The van der Waals surface area contributed by atoms with Gasteiger partial charge in [-0.25, -0.2) is 4.39 Å². The minimum absolute atomic E-state index is 0.229. The van der Waals surface area contributed by atoms with Gasteiger partial charge in [-0.3, -0.25) is 4.79 Å². The fraction of sp³-hybridized carbons (Fsp3) is 0.417. The molecule has 5 heteroatoms. The van der Waals surface area contributed by atoms with Crippen LogP contribution in [0.25, 0.3) is 0 Å². The second kappa shape index (κ2) is 5.14. The van der Waals surface area contributed by atoms with Gasteiger partial charge in [0.25, 0.3) is 5.91 Å². The van der Waals surface area contributed by atoms with E-state index in [1.807, 2.05) is 0 Å². The lowest BCUT2D eigenvalue weighted by Gasteiger charge is -2.20. The number of nitrogens with two attached hydrogens (primary N) is 1. The molecule has 1 saturated heterocycles. The molecule has 1 aliphatic rings. The maximum atomic E-state index is 13.1. The van der Waals surface area contributed by atoms with Crippen LogP contribution in [-0.4, -0.2) is 37.1 Å². The molecule has 0 spiro atoms. The summed E-state index contributed by atoms with van der Waals surface area (Å²) in [5.74, 6) is -0.680. The number of rotatable bonds is 1. The van der Waals surface area contributed by atoms with Gasteiger partial charge in [-0.2, -0.15) is 0 Å². The van der Waals surface area contributed by atoms with Gasteiger partial charge in [-0.15, -0.1) is 0 Å². The molecule has 0 atom stereocenters. The summed E-state index contributed by atoms with van der Waals surface area (Å²) in [7, 11) is 0. The van der Waals surface area contributed by atoms with Crippen molar-refractivity contribution in [3.63, 3.8) is 0 Å². The Hall–Kier alpha value is -1.62. The molecule has 1 aromatic rings. The molecule has 2 N–H and O–H groups in total. The molecule has 0 bridgehead atoms. The topological polar surface area (TPSA) is 55.6 Å². The van der Waals surface area contributed by atoms with E-state index in [1.54, 1.807) is 4.90 Å². The predicted octanol–water partition coefficient (Wildman–Crippen LogP) is 1.27. The van der Waals surface area contributed by atoms with Crippen LogP contribution in [0.2, 0.25) is 0 Å². The van der Waals surface area contributed by atoms with Crippen LogP contribution in [-0.2, 0) is 4.74 Å². The molecule has 92 valence electrons. The lowest BCUT2D eigenvalue weighted by atomic mass is 10.1. The summed E-state index contributed by atoms with van der Waals surface area (Å²) in [4.78, 5) is 13.8. The minimum Gasteiger partial charge on any atom is -0.398 e. The molecule has 1 fully saturated rings. The molecule has 0 radical (unpaired) electrons. The van der Waals surface area contributed by atoms with E-state index >= 15 is 0 Å². The van der Waals surface area contributed by atoms with Crippen LogP contribution in [0, 0.1) is 5.82 Å². The van der Waals surface area contributed by atoms with Crippen molar-refractivity contribution in [2.45, 2.75) is 6.42 Å². The largest absolute Gasteiger partial charge is 0.398 e. The van der Waals surface area contributed by atoms with Crippen molar-refractivity contribution in [1.82, 2.24) is 4.90 Å². The molecule has 1 aliphatic heterocycles. The Labute approximate surface area is 99.2 Å². The molecule has 1 aromatic carbocycles. The summed E-state index contributed by atoms with van der Waals surface area (Å²) in [5.41, 5.74) is 6.23. The van der Waals surface area contributed by atoms with E-state index in [1.165, 1.54) is 18.2 Å². The van der Waals surface area contributed by atoms with Gasteiger partial charge in [0.1, 0.15) is 5.82 Å². The molecule has 17 heavy (non-hydrogen) atoms. The van der Waals surface area contributed by atoms with E-state index in [0.29, 0.717) is 32.0 Å². The minimum atomic E-state index is -0.450. The molecular weight excluding hydrogens is 223 g/mol. The first-order valence-corrected chi connectivity index (χ1v) is 5.60. The maximum absolute atomic E-state index is 13.1. The van der Waals surface area contributed by atoms with Gasteiger partial charge < -0.3 is 15.4 Å². The zero-order valence-electron chi connectivity index (χ0n) is 9.49. The van der Waals surface area contributed by atoms with E-state index in [9.17, 15) is 9.18 Å². The fourth-order valence-corrected chi connectivity index (χ4v) is 1.83. The highest BCUT2D eigenvalue weighted by atomic mass is 19.1. The van der Waals surface area contributed by atoms with E-state index in [2.05, 4.69) is 0 Å². The number of carbonyl (C=O) groups excluding carboxylic acids is 1. The first-order chi connectivity index (χ1) is 8.18. The Morgan fingerprint density at radius 1 is 1.35 bits per heavy atom. The lowest BCUT2D eigenvalue weighted by Crippen LogP contribution is -2.33. The van der Waals surface area contributed by atoms with Crippen LogP contribution in [0.1, 0.15) is 16.8 Å². The number of hydrogen-bond acceptors (Lipinski definition) is 3. The Kier molecular flexibility index (Phi) is 3.58. The number of nitrogens with zero attached hydrogens (tertiary/aromatic N) is 1. The van der Waals surface area contributed by atoms with Crippen molar-refractivity contribution >= 4 is 11.6 Å². The average molecular weight is 238 g/mol. The normalized spacial score (nSPS) is 16.6. The van der Waals surface area contributed by atoms with Gasteiger partial charge in [0.15, 0.2) is 0 Å². The van der Waals surface area contributed by atoms with E-state index in [0.717, 1.165) is 6.42 Å². The average Bonchev–Trinajstić information content (AvgIpc) is 2.60. The van der Waals surface area contributed by atoms with E-state index < -0.39 is 5.82 Å². The third-order valence-corrected chi connectivity index (χ3v) is 2.76. The zero-order chi connectivity index (χ0) is 12.3. The third-order valence-electron chi connectivity index (χ3n) is 2.76. The van der Waals surface area contributed by atoms with E-state index in [4.69, 9.17) is 10.5 Å². The predicted molar refractivity (Wildman–Crippen MR) is 62.2 cm³/mol. The molecule has 4 nitrogen and oxygen atoms in total. The highest BCUT2D eigenvalue weighted by molar-refractivity contribution is 5.99. The summed E-state index contributed by atoms with van der Waals surface area (Å²) in [6, 6.07) is 3.85. The number of nitrogen functional groups attached to an aromatic ring is 1. The van der Waals surface area contributed by atoms with Crippen LogP contribution < -0.4 is 5.73 Å². The van der Waals surface area contributed by atoms with Crippen molar-refractivity contribution in [2.75, 3.05) is 32.0 Å². The zero-order valence-corrected chi connectivity index (χ0v) is 9.49. The number of amides is 1. The monoisotopic (exact) mass is 238 g/mol. The Morgan fingerprint density at radius 2 is 2.18 bits per heavy atom. The summed E-state index contributed by atoms with van der Waals surface area (Å²) in [5, 5.41) is 0. The summed E-state index contributed by atoms with van der Waals surface area (Å²) in [6.07, 6.45) is 0.793. The number of halogens is 1. The summed E-state index contributed by atoms with van der Waals surface area (Å²) >= 11 is 0. The molecular formula is C12H15FN2O2. The van der Waals surface area contributed by atoms with Crippen LogP contribution in [0.4, 0.5) is 10.1 Å². The van der Waals surface area contributed by atoms with E-state index in [-0.39, 0.29) is 11.5 Å². The van der Waals surface area contributed by atoms with Crippen molar-refractivity contribution in [2.24, 2.45) is 0 Å².